The molecule has 1 aliphatic heterocycles. The van der Waals surface area contributed by atoms with Gasteiger partial charge in [0.25, 0.3) is 5.91 Å². The van der Waals surface area contributed by atoms with E-state index in [1.807, 2.05) is 25.1 Å². The molecule has 1 atom stereocenters. The predicted octanol–water partition coefficient (Wildman–Crippen LogP) is 1.69. The van der Waals surface area contributed by atoms with E-state index in [2.05, 4.69) is 0 Å². The standard InChI is InChI=1S/C20H27NO7S/c1-4-6-15-7-8-17(18(11-15)26-3)27-13-20(23)28-12-19(22)21(5-2)16-9-10-29(24,25)14-16/h4,6-8,11,16H,5,9-10,12-14H2,1-3H3/b6-4+/t16-/m1/s1. The normalized spacial score (nSPS) is 17.8. The number of amides is 1. The molecule has 8 nitrogen and oxygen atoms in total. The lowest BCUT2D eigenvalue weighted by molar-refractivity contribution is -0.154. The Morgan fingerprint density at radius 3 is 2.59 bits per heavy atom. The van der Waals surface area contributed by atoms with Crippen molar-refractivity contribution in [1.29, 1.82) is 0 Å². The van der Waals surface area contributed by atoms with Crippen LogP contribution in [0, 0.1) is 0 Å². The minimum atomic E-state index is -3.11. The van der Waals surface area contributed by atoms with Gasteiger partial charge >= 0.3 is 5.97 Å². The molecule has 1 heterocycles. The van der Waals surface area contributed by atoms with Crippen molar-refractivity contribution in [3.05, 3.63) is 29.8 Å². The van der Waals surface area contributed by atoms with Crippen molar-refractivity contribution in [1.82, 2.24) is 4.90 Å². The molecule has 0 bridgehead atoms. The summed E-state index contributed by atoms with van der Waals surface area (Å²) in [5, 5.41) is 0. The first-order valence-corrected chi connectivity index (χ1v) is 11.2. The van der Waals surface area contributed by atoms with E-state index in [9.17, 15) is 18.0 Å². The monoisotopic (exact) mass is 425 g/mol. The van der Waals surface area contributed by atoms with Crippen LogP contribution in [0.5, 0.6) is 11.5 Å². The highest BCUT2D eigenvalue weighted by molar-refractivity contribution is 7.91. The molecule has 9 heteroatoms. The van der Waals surface area contributed by atoms with Gasteiger partial charge in [0.05, 0.1) is 18.6 Å². The fraction of sp³-hybridized carbons (Fsp3) is 0.500. The van der Waals surface area contributed by atoms with Crippen LogP contribution in [-0.4, -0.2) is 69.6 Å². The van der Waals surface area contributed by atoms with Crippen molar-refractivity contribution >= 4 is 27.8 Å². The molecule has 1 amide bonds. The van der Waals surface area contributed by atoms with Crippen LogP contribution in [0.15, 0.2) is 24.3 Å². The van der Waals surface area contributed by atoms with Crippen LogP contribution in [-0.2, 0) is 24.2 Å². The number of allylic oxidation sites excluding steroid dienone is 1. The van der Waals surface area contributed by atoms with Crippen LogP contribution in [0.4, 0.5) is 0 Å². The summed E-state index contributed by atoms with van der Waals surface area (Å²) in [5.74, 6) is -0.236. The molecule has 0 N–H and O–H groups in total. The molecule has 0 radical (unpaired) electrons. The zero-order chi connectivity index (χ0) is 21.4. The lowest BCUT2D eigenvalue weighted by Crippen LogP contribution is -2.43. The molecule has 1 aliphatic rings. The van der Waals surface area contributed by atoms with Crippen LogP contribution in [0.2, 0.25) is 0 Å². The first kappa shape index (κ1) is 22.7. The number of rotatable bonds is 9. The van der Waals surface area contributed by atoms with Crippen molar-refractivity contribution in [2.45, 2.75) is 26.3 Å². The summed E-state index contributed by atoms with van der Waals surface area (Å²) in [6.07, 6.45) is 4.20. The molecule has 2 rings (SSSR count). The van der Waals surface area contributed by atoms with Gasteiger partial charge in [-0.15, -0.1) is 0 Å². The number of carbonyl (C=O) groups excluding carboxylic acids is 2. The van der Waals surface area contributed by atoms with Crippen LogP contribution in [0.3, 0.4) is 0 Å². The summed E-state index contributed by atoms with van der Waals surface area (Å²) in [5.41, 5.74) is 0.929. The molecule has 0 saturated carbocycles. The molecule has 1 fully saturated rings. The lowest BCUT2D eigenvalue weighted by atomic mass is 10.2. The maximum atomic E-state index is 12.3. The van der Waals surface area contributed by atoms with Gasteiger partial charge in [0.15, 0.2) is 34.6 Å². The molecule has 0 spiro atoms. The van der Waals surface area contributed by atoms with Crippen LogP contribution >= 0.6 is 0 Å². The lowest BCUT2D eigenvalue weighted by Gasteiger charge is -2.26. The molecule has 160 valence electrons. The fourth-order valence-electron chi connectivity index (χ4n) is 3.16. The number of methoxy groups -OCH3 is 1. The smallest absolute Gasteiger partial charge is 0.344 e. The van der Waals surface area contributed by atoms with Crippen molar-refractivity contribution in [3.63, 3.8) is 0 Å². The van der Waals surface area contributed by atoms with Crippen molar-refractivity contribution < 1.29 is 32.2 Å². The number of likely N-dealkylation sites (N-methyl/N-ethyl adjacent to an activating group) is 1. The second-order valence-electron chi connectivity index (χ2n) is 6.60. The molecule has 0 aromatic heterocycles. The Hall–Kier alpha value is -2.55. The average molecular weight is 426 g/mol. The highest BCUT2D eigenvalue weighted by Gasteiger charge is 2.34. The molecule has 1 saturated heterocycles. The van der Waals surface area contributed by atoms with Gasteiger partial charge in [-0.1, -0.05) is 18.2 Å². The average Bonchev–Trinajstić information content (AvgIpc) is 3.05. The number of hydrogen-bond donors (Lipinski definition) is 0. The quantitative estimate of drug-likeness (QED) is 0.555. The minimum absolute atomic E-state index is 0.0490. The summed E-state index contributed by atoms with van der Waals surface area (Å²) in [6, 6.07) is 4.92. The maximum Gasteiger partial charge on any atom is 0.344 e. The van der Waals surface area contributed by atoms with Crippen molar-refractivity contribution in [3.8, 4) is 11.5 Å². The van der Waals surface area contributed by atoms with Gasteiger partial charge in [0.1, 0.15) is 0 Å². The Kier molecular flexibility index (Phi) is 8.07. The molecule has 29 heavy (non-hydrogen) atoms. The molecule has 1 aromatic rings. The Morgan fingerprint density at radius 1 is 1.24 bits per heavy atom. The SMILES string of the molecule is C/C=C/c1ccc(OCC(=O)OCC(=O)N(CC)[C@@H]2CCS(=O)(=O)C2)c(OC)c1. The fourth-order valence-corrected chi connectivity index (χ4v) is 4.89. The third kappa shape index (κ3) is 6.49. The predicted molar refractivity (Wildman–Crippen MR) is 109 cm³/mol. The van der Waals surface area contributed by atoms with Gasteiger partial charge in [-0.3, -0.25) is 4.79 Å². The topological polar surface area (TPSA) is 99.2 Å². The summed E-state index contributed by atoms with van der Waals surface area (Å²) in [6.45, 7) is 3.18. The van der Waals surface area contributed by atoms with E-state index in [0.29, 0.717) is 24.5 Å². The maximum absolute atomic E-state index is 12.3. The van der Waals surface area contributed by atoms with Gasteiger partial charge in [-0.2, -0.15) is 0 Å². The second kappa shape index (κ2) is 10.3. The van der Waals surface area contributed by atoms with Crippen molar-refractivity contribution in [2.24, 2.45) is 0 Å². The zero-order valence-corrected chi connectivity index (χ0v) is 17.7. The Balaban J connectivity index is 1.85. The zero-order valence-electron chi connectivity index (χ0n) is 16.9. The number of carbonyl (C=O) groups is 2. The minimum Gasteiger partial charge on any atom is -0.493 e. The number of hydrogen-bond acceptors (Lipinski definition) is 7. The number of nitrogens with zero attached hydrogens (tertiary/aromatic N) is 1. The number of benzene rings is 1. The Bertz CT molecular complexity index is 864. The van der Waals surface area contributed by atoms with Crippen LogP contribution in [0.1, 0.15) is 25.8 Å². The third-order valence-electron chi connectivity index (χ3n) is 4.56. The summed E-state index contributed by atoms with van der Waals surface area (Å²) in [4.78, 5) is 25.7. The summed E-state index contributed by atoms with van der Waals surface area (Å²) in [7, 11) is -1.60. The molecular formula is C20H27NO7S. The molecular weight excluding hydrogens is 398 g/mol. The van der Waals surface area contributed by atoms with Gasteiger partial charge in [0, 0.05) is 12.6 Å². The first-order chi connectivity index (χ1) is 13.8. The molecule has 0 unspecified atom stereocenters. The number of ether oxygens (including phenoxy) is 3. The van der Waals surface area contributed by atoms with E-state index in [0.717, 1.165) is 5.56 Å². The van der Waals surface area contributed by atoms with E-state index < -0.39 is 28.3 Å². The van der Waals surface area contributed by atoms with E-state index in [-0.39, 0.29) is 24.2 Å². The van der Waals surface area contributed by atoms with Gasteiger partial charge in [0.2, 0.25) is 0 Å². The van der Waals surface area contributed by atoms with Gasteiger partial charge in [-0.05, 0) is 38.0 Å². The Morgan fingerprint density at radius 2 is 2.00 bits per heavy atom. The summed E-state index contributed by atoms with van der Waals surface area (Å²) < 4.78 is 39.0. The highest BCUT2D eigenvalue weighted by Crippen LogP contribution is 2.28. The third-order valence-corrected chi connectivity index (χ3v) is 6.31. The largest absolute Gasteiger partial charge is 0.493 e. The molecule has 0 aliphatic carbocycles. The second-order valence-corrected chi connectivity index (χ2v) is 8.82. The van der Waals surface area contributed by atoms with Gasteiger partial charge < -0.3 is 19.1 Å². The first-order valence-electron chi connectivity index (χ1n) is 9.38. The molecule has 1 aromatic carbocycles. The van der Waals surface area contributed by atoms with E-state index >= 15 is 0 Å². The van der Waals surface area contributed by atoms with E-state index in [1.165, 1.54) is 12.0 Å². The van der Waals surface area contributed by atoms with E-state index in [1.54, 1.807) is 19.1 Å². The number of esters is 1. The summed E-state index contributed by atoms with van der Waals surface area (Å²) >= 11 is 0. The number of sulfone groups is 1. The van der Waals surface area contributed by atoms with Crippen LogP contribution < -0.4 is 9.47 Å². The Labute approximate surface area is 171 Å². The van der Waals surface area contributed by atoms with Crippen LogP contribution in [0.25, 0.3) is 6.08 Å². The van der Waals surface area contributed by atoms with E-state index in [4.69, 9.17) is 14.2 Å². The van der Waals surface area contributed by atoms with Crippen molar-refractivity contribution in [2.75, 3.05) is 38.4 Å². The highest BCUT2D eigenvalue weighted by atomic mass is 32.2. The van der Waals surface area contributed by atoms with Gasteiger partial charge in [-0.25, -0.2) is 13.2 Å².